The quantitative estimate of drug-likeness (QED) is 0.237. The Labute approximate surface area is 59.5 Å². The van der Waals surface area contributed by atoms with Gasteiger partial charge in [0.15, 0.2) is 0 Å². The Morgan fingerprint density at radius 2 is 2.27 bits per heavy atom. The topological polar surface area (TPSA) is 160 Å². The fourth-order valence-corrected chi connectivity index (χ4v) is 0.243. The van der Waals surface area contributed by atoms with Gasteiger partial charge in [-0.3, -0.25) is 0 Å². The lowest BCUT2D eigenvalue weighted by Gasteiger charge is -1.74. The van der Waals surface area contributed by atoms with E-state index in [0.29, 0.717) is 5.95 Å². The Morgan fingerprint density at radius 1 is 1.73 bits per heavy atom. The standard InChI is InChI=1S/CH4N6.NO3/c2-3-1-4-6-7-5-1;2-1(3)4/h2H2,(H2,3,4,5,6,7);/q;-1/p+1. The highest BCUT2D eigenvalue weighted by molar-refractivity contribution is 5.06. The van der Waals surface area contributed by atoms with Crippen molar-refractivity contribution in [3.63, 3.8) is 0 Å². The number of rotatable bonds is 1. The van der Waals surface area contributed by atoms with E-state index in [9.17, 15) is 0 Å². The van der Waals surface area contributed by atoms with Crippen molar-refractivity contribution in [2.24, 2.45) is 5.84 Å². The van der Waals surface area contributed by atoms with E-state index in [-0.39, 0.29) is 0 Å². The van der Waals surface area contributed by atoms with Crippen molar-refractivity contribution in [2.45, 2.75) is 0 Å². The lowest BCUT2D eigenvalue weighted by atomic mass is 11.1. The normalized spacial score (nSPS) is 7.73. The number of nitrogens with zero attached hydrogens (tertiary/aromatic N) is 3. The minimum Gasteiger partial charge on any atom is -0.356 e. The van der Waals surface area contributed by atoms with Gasteiger partial charge < -0.3 is 15.3 Å². The number of aromatic nitrogens is 4. The SMILES string of the molecule is NNc1nn[nH][nH+]1.O=[N+]([O-])[O-]. The number of hydrazine groups is 1. The van der Waals surface area contributed by atoms with E-state index < -0.39 is 5.09 Å². The fourth-order valence-electron chi connectivity index (χ4n) is 0.243. The van der Waals surface area contributed by atoms with Crippen LogP contribution in [0, 0.1) is 15.3 Å². The molecule has 0 saturated carbocycles. The molecule has 0 bridgehead atoms. The van der Waals surface area contributed by atoms with Crippen molar-refractivity contribution in [1.29, 1.82) is 0 Å². The summed E-state index contributed by atoms with van der Waals surface area (Å²) in [7, 11) is 0. The summed E-state index contributed by atoms with van der Waals surface area (Å²) in [5.41, 5.74) is 2.25. The number of nitrogen functional groups attached to an aromatic ring is 1. The number of hydrogen-bond donors (Lipinski definition) is 3. The van der Waals surface area contributed by atoms with Crippen molar-refractivity contribution < 1.29 is 10.2 Å². The number of nitrogens with one attached hydrogen (secondary N) is 3. The molecule has 0 atom stereocenters. The van der Waals surface area contributed by atoms with E-state index in [1.165, 1.54) is 0 Å². The van der Waals surface area contributed by atoms with Crippen LogP contribution in [0.25, 0.3) is 0 Å². The van der Waals surface area contributed by atoms with E-state index in [2.05, 4.69) is 26.0 Å². The Bertz CT molecular complexity index is 189. The maximum Gasteiger partial charge on any atom is 0.413 e. The summed E-state index contributed by atoms with van der Waals surface area (Å²) in [5.74, 6) is 5.31. The third-order valence-corrected chi connectivity index (χ3v) is 0.511. The molecule has 1 aromatic rings. The molecule has 0 aliphatic rings. The van der Waals surface area contributed by atoms with Gasteiger partial charge in [0.25, 0.3) is 0 Å². The third kappa shape index (κ3) is 5.91. The lowest BCUT2D eigenvalue weighted by Crippen LogP contribution is -2.17. The average molecular weight is 163 g/mol. The predicted octanol–water partition coefficient (Wildman–Crippen LogP) is -2.33. The smallest absolute Gasteiger partial charge is 0.356 e. The van der Waals surface area contributed by atoms with Crippen molar-refractivity contribution in [2.75, 3.05) is 5.43 Å². The first-order valence-electron chi connectivity index (χ1n) is 2.23. The summed E-state index contributed by atoms with van der Waals surface area (Å²) in [6.45, 7) is 0. The molecule has 10 heteroatoms. The number of aromatic amines is 2. The number of H-pyrrole nitrogens is 2. The molecule has 1 heterocycles. The highest BCUT2D eigenvalue weighted by Gasteiger charge is 1.96. The minimum absolute atomic E-state index is 0.417. The molecule has 5 N–H and O–H groups in total. The lowest BCUT2D eigenvalue weighted by molar-refractivity contribution is -0.440. The van der Waals surface area contributed by atoms with Crippen LogP contribution in [0.15, 0.2) is 0 Å². The minimum atomic E-state index is -1.75. The Hall–Kier alpha value is -1.97. The molecule has 1 aromatic heterocycles. The van der Waals surface area contributed by atoms with E-state index in [1.54, 1.807) is 0 Å². The van der Waals surface area contributed by atoms with Gasteiger partial charge in [0.2, 0.25) is 0 Å². The third-order valence-electron chi connectivity index (χ3n) is 0.511. The zero-order chi connectivity index (χ0) is 8.69. The molecule has 1 rings (SSSR count). The maximum absolute atomic E-state index is 8.25. The molecule has 10 nitrogen and oxygen atoms in total. The highest BCUT2D eigenvalue weighted by atomic mass is 16.9. The number of tetrazole rings is 1. The molecule has 0 spiro atoms. The molecule has 62 valence electrons. The van der Waals surface area contributed by atoms with Gasteiger partial charge in [-0.2, -0.15) is 5.10 Å². The first-order chi connectivity index (χ1) is 5.16. The maximum atomic E-state index is 8.25. The Morgan fingerprint density at radius 3 is 2.45 bits per heavy atom. The van der Waals surface area contributed by atoms with Gasteiger partial charge in [-0.15, -0.1) is 5.21 Å². The van der Waals surface area contributed by atoms with Crippen LogP contribution in [0.1, 0.15) is 0 Å². The van der Waals surface area contributed by atoms with Crippen LogP contribution in [0.4, 0.5) is 5.95 Å². The van der Waals surface area contributed by atoms with Gasteiger partial charge in [0.05, 0.1) is 10.2 Å². The molecular formula is CH5N7O3. The molecular weight excluding hydrogens is 158 g/mol. The Balaban J connectivity index is 0.000000218. The van der Waals surface area contributed by atoms with Crippen LogP contribution in [0.5, 0.6) is 0 Å². The molecule has 0 aliphatic carbocycles. The largest absolute Gasteiger partial charge is 0.413 e. The van der Waals surface area contributed by atoms with Crippen LogP contribution in [0.2, 0.25) is 0 Å². The summed E-state index contributed by atoms with van der Waals surface area (Å²) in [6.07, 6.45) is 0. The van der Waals surface area contributed by atoms with Crippen LogP contribution in [0.3, 0.4) is 0 Å². The number of hydrogen-bond acceptors (Lipinski definition) is 7. The van der Waals surface area contributed by atoms with Gasteiger partial charge in [-0.1, -0.05) is 0 Å². The van der Waals surface area contributed by atoms with Crippen LogP contribution >= 0.6 is 0 Å². The molecule has 11 heavy (non-hydrogen) atoms. The van der Waals surface area contributed by atoms with Crippen molar-refractivity contribution >= 4 is 5.95 Å². The monoisotopic (exact) mass is 163 g/mol. The second kappa shape index (κ2) is 4.87. The summed E-state index contributed by atoms with van der Waals surface area (Å²) in [4.78, 5) is 8.25. The van der Waals surface area contributed by atoms with E-state index in [1.807, 2.05) is 0 Å². The summed E-state index contributed by atoms with van der Waals surface area (Å²) >= 11 is 0. The molecule has 0 amide bonds. The Kier molecular flexibility index (Phi) is 4.00. The molecule has 0 aliphatic heterocycles. The average Bonchev–Trinajstić information content (AvgIpc) is 2.36. The van der Waals surface area contributed by atoms with Crippen LogP contribution in [-0.2, 0) is 0 Å². The number of anilines is 1. The van der Waals surface area contributed by atoms with Crippen molar-refractivity contribution in [1.82, 2.24) is 15.5 Å². The first-order valence-corrected chi connectivity index (χ1v) is 2.23. The molecule has 0 radical (unpaired) electrons. The fraction of sp³-hybridized carbons (Fsp3) is 0. The zero-order valence-corrected chi connectivity index (χ0v) is 5.14. The predicted molar refractivity (Wildman–Crippen MR) is 31.1 cm³/mol. The van der Waals surface area contributed by atoms with Gasteiger partial charge in [0.1, 0.15) is 5.21 Å². The van der Waals surface area contributed by atoms with Gasteiger partial charge in [-0.25, -0.2) is 11.3 Å². The molecule has 0 saturated heterocycles. The second-order valence-electron chi connectivity index (χ2n) is 1.15. The van der Waals surface area contributed by atoms with E-state index in [0.717, 1.165) is 0 Å². The number of nitrogens with two attached hydrogens (primary N) is 1. The first kappa shape index (κ1) is 9.03. The molecule has 0 unspecified atom stereocenters. The van der Waals surface area contributed by atoms with Gasteiger partial charge >= 0.3 is 5.95 Å². The van der Waals surface area contributed by atoms with Crippen molar-refractivity contribution in [3.8, 4) is 0 Å². The highest BCUT2D eigenvalue weighted by Crippen LogP contribution is 1.73. The van der Waals surface area contributed by atoms with E-state index in [4.69, 9.17) is 21.2 Å². The second-order valence-corrected chi connectivity index (χ2v) is 1.15. The van der Waals surface area contributed by atoms with Crippen molar-refractivity contribution in [3.05, 3.63) is 15.3 Å². The van der Waals surface area contributed by atoms with Gasteiger partial charge in [-0.05, 0) is 0 Å². The summed E-state index contributed by atoms with van der Waals surface area (Å²) in [6, 6.07) is 0. The molecule has 0 aromatic carbocycles. The summed E-state index contributed by atoms with van der Waals surface area (Å²) in [5, 5.41) is 26.4. The molecule has 0 fully saturated rings. The van der Waals surface area contributed by atoms with Crippen LogP contribution < -0.4 is 16.4 Å². The summed E-state index contributed by atoms with van der Waals surface area (Å²) < 4.78 is 0. The zero-order valence-electron chi connectivity index (χ0n) is 5.14. The van der Waals surface area contributed by atoms with E-state index >= 15 is 0 Å². The van der Waals surface area contributed by atoms with Gasteiger partial charge in [0, 0.05) is 0 Å². The van der Waals surface area contributed by atoms with Crippen LogP contribution in [-0.4, -0.2) is 20.6 Å².